The van der Waals surface area contributed by atoms with Gasteiger partial charge in [0.2, 0.25) is 5.28 Å². The quantitative estimate of drug-likeness (QED) is 0.519. The van der Waals surface area contributed by atoms with Crippen molar-refractivity contribution in [2.45, 2.75) is 0 Å². The molecule has 0 aliphatic rings. The molecule has 2 aromatic rings. The molecule has 0 spiro atoms. The van der Waals surface area contributed by atoms with Crippen molar-refractivity contribution in [1.82, 2.24) is 19.9 Å². The van der Waals surface area contributed by atoms with Gasteiger partial charge in [0.25, 0.3) is 0 Å². The number of rotatable bonds is 0. The Morgan fingerprint density at radius 1 is 1.00 bits per heavy atom. The number of nitriles is 2. The van der Waals surface area contributed by atoms with Crippen LogP contribution in [0, 0.1) is 26.5 Å². The summed E-state index contributed by atoms with van der Waals surface area (Å²) in [4.78, 5) is 14.8. The zero-order valence-corrected chi connectivity index (χ0v) is 11.7. The Morgan fingerprint density at radius 3 is 1.94 bits per heavy atom. The van der Waals surface area contributed by atoms with Crippen LogP contribution in [0.3, 0.4) is 0 Å². The van der Waals surface area contributed by atoms with E-state index in [9.17, 15) is 0 Å². The second-order valence-corrected chi connectivity index (χ2v) is 3.95. The predicted octanol–water partition coefficient (Wildman–Crippen LogP) is 1.95. The van der Waals surface area contributed by atoms with E-state index >= 15 is 0 Å². The maximum atomic E-state index is 8.32. The summed E-state index contributed by atoms with van der Waals surface area (Å²) in [5, 5.41) is 16.7. The van der Waals surface area contributed by atoms with Gasteiger partial charge >= 0.3 is 0 Å². The van der Waals surface area contributed by atoms with Crippen molar-refractivity contribution in [2.75, 3.05) is 0 Å². The Morgan fingerprint density at radius 2 is 1.56 bits per heavy atom. The van der Waals surface area contributed by atoms with Crippen molar-refractivity contribution in [2.24, 2.45) is 0 Å². The van der Waals surface area contributed by atoms with Gasteiger partial charge in [0.05, 0.1) is 0 Å². The number of halogens is 2. The summed E-state index contributed by atoms with van der Waals surface area (Å²) in [5.41, 5.74) is 0.699. The maximum Gasteiger partial charge on any atom is 0.223 e. The van der Waals surface area contributed by atoms with Crippen molar-refractivity contribution < 1.29 is 0 Å². The van der Waals surface area contributed by atoms with E-state index in [4.69, 9.17) is 22.1 Å². The highest BCUT2D eigenvalue weighted by Crippen LogP contribution is 1.98. The second-order valence-electron chi connectivity index (χ2n) is 2.65. The van der Waals surface area contributed by atoms with Crippen LogP contribution in [0.2, 0.25) is 5.28 Å². The second kappa shape index (κ2) is 7.48. The Balaban J connectivity index is 0.000000180. The molecule has 0 atom stereocenters. The van der Waals surface area contributed by atoms with Crippen molar-refractivity contribution >= 4 is 34.2 Å². The largest absolute Gasteiger partial charge is 0.232 e. The molecule has 0 amide bonds. The molecular weight excluding hydrogens is 367 g/mol. The lowest BCUT2D eigenvalue weighted by Gasteiger charge is -1.85. The molecule has 0 aliphatic heterocycles. The van der Waals surface area contributed by atoms with E-state index in [-0.39, 0.29) is 11.0 Å². The molecule has 0 N–H and O–H groups in total. The fourth-order valence-corrected chi connectivity index (χ4v) is 1.36. The van der Waals surface area contributed by atoms with Crippen LogP contribution < -0.4 is 0 Å². The smallest absolute Gasteiger partial charge is 0.223 e. The van der Waals surface area contributed by atoms with Crippen molar-refractivity contribution in [1.29, 1.82) is 10.5 Å². The molecule has 8 heteroatoms. The van der Waals surface area contributed by atoms with Gasteiger partial charge < -0.3 is 0 Å². The Labute approximate surface area is 121 Å². The predicted molar refractivity (Wildman–Crippen MR) is 71.2 cm³/mol. The molecule has 2 heterocycles. The molecule has 0 aromatic carbocycles. The van der Waals surface area contributed by atoms with Crippen LogP contribution in [0.4, 0.5) is 0 Å². The van der Waals surface area contributed by atoms with E-state index in [1.54, 1.807) is 12.3 Å². The Kier molecular flexibility index (Phi) is 5.91. The first kappa shape index (κ1) is 14.2. The number of aromatic nitrogens is 4. The number of hydrogen-bond donors (Lipinski definition) is 0. The summed E-state index contributed by atoms with van der Waals surface area (Å²) in [6, 6.07) is 6.81. The molecule has 2 rings (SSSR count). The molecule has 0 saturated heterocycles. The molecule has 6 nitrogen and oxygen atoms in total. The van der Waals surface area contributed by atoms with E-state index in [0.717, 1.165) is 0 Å². The van der Waals surface area contributed by atoms with Gasteiger partial charge in [-0.3, -0.25) is 0 Å². The minimum atomic E-state index is 0.106. The lowest BCUT2D eigenvalue weighted by atomic mass is 10.5. The average molecular weight is 371 g/mol. The maximum absolute atomic E-state index is 8.32. The summed E-state index contributed by atoms with van der Waals surface area (Å²) >= 11 is 7.31. The normalized spacial score (nSPS) is 8.44. The van der Waals surface area contributed by atoms with E-state index in [2.05, 4.69) is 19.9 Å². The third kappa shape index (κ3) is 4.99. The standard InChI is InChI=1S/C5H2ClN3.C5H2IN3/c2*6-5-8-2-1-4(3-7)9-5/h2*1-2H. The minimum absolute atomic E-state index is 0.106. The topological polar surface area (TPSA) is 99.1 Å². The van der Waals surface area contributed by atoms with Gasteiger partial charge in [-0.2, -0.15) is 10.5 Å². The summed E-state index contributed by atoms with van der Waals surface area (Å²) in [6.07, 6.45) is 3.00. The summed E-state index contributed by atoms with van der Waals surface area (Å²) in [7, 11) is 0. The van der Waals surface area contributed by atoms with Crippen LogP contribution in [0.15, 0.2) is 24.5 Å². The zero-order valence-electron chi connectivity index (χ0n) is 8.75. The average Bonchev–Trinajstić information content (AvgIpc) is 2.39. The number of nitrogens with zero attached hydrogens (tertiary/aromatic N) is 6. The van der Waals surface area contributed by atoms with Crippen molar-refractivity contribution in [3.8, 4) is 12.1 Å². The molecular formula is C10H4ClIN6. The van der Waals surface area contributed by atoms with Crippen LogP contribution in [0.5, 0.6) is 0 Å². The first-order valence-electron chi connectivity index (χ1n) is 4.43. The van der Waals surface area contributed by atoms with E-state index in [1.807, 2.05) is 34.7 Å². The molecule has 2 aromatic heterocycles. The lowest BCUT2D eigenvalue weighted by Crippen LogP contribution is -1.87. The van der Waals surface area contributed by atoms with Gasteiger partial charge in [0.15, 0.2) is 3.83 Å². The molecule has 0 aliphatic carbocycles. The van der Waals surface area contributed by atoms with E-state index in [1.165, 1.54) is 12.3 Å². The fraction of sp³-hybridized carbons (Fsp3) is 0. The van der Waals surface area contributed by atoms with Crippen LogP contribution in [-0.4, -0.2) is 19.9 Å². The SMILES string of the molecule is N#Cc1ccnc(Cl)n1.N#Cc1ccnc(I)n1. The van der Waals surface area contributed by atoms with Gasteiger partial charge in [-0.25, -0.2) is 19.9 Å². The Hall–Kier alpha value is -1.84. The third-order valence-electron chi connectivity index (χ3n) is 1.48. The lowest BCUT2D eigenvalue weighted by molar-refractivity contribution is 1.08. The fourth-order valence-electron chi connectivity index (χ4n) is 0.794. The number of hydrogen-bond acceptors (Lipinski definition) is 6. The van der Waals surface area contributed by atoms with Crippen molar-refractivity contribution in [3.63, 3.8) is 0 Å². The van der Waals surface area contributed by atoms with Gasteiger partial charge in [-0.05, 0) is 23.7 Å². The van der Waals surface area contributed by atoms with Crippen LogP contribution in [-0.2, 0) is 0 Å². The monoisotopic (exact) mass is 370 g/mol. The van der Waals surface area contributed by atoms with Crippen LogP contribution >= 0.6 is 34.2 Å². The summed E-state index contributed by atoms with van der Waals surface area (Å²) < 4.78 is 0.603. The van der Waals surface area contributed by atoms with E-state index in [0.29, 0.717) is 9.53 Å². The van der Waals surface area contributed by atoms with Gasteiger partial charge in [0.1, 0.15) is 23.5 Å². The highest BCUT2D eigenvalue weighted by Gasteiger charge is 1.91. The molecule has 88 valence electrons. The Bertz CT molecular complexity index is 563. The molecule has 0 fully saturated rings. The highest BCUT2D eigenvalue weighted by molar-refractivity contribution is 14.1. The van der Waals surface area contributed by atoms with Crippen LogP contribution in [0.25, 0.3) is 0 Å². The molecule has 0 unspecified atom stereocenters. The van der Waals surface area contributed by atoms with Crippen molar-refractivity contribution in [3.05, 3.63) is 45.0 Å². The first-order chi connectivity index (χ1) is 8.65. The zero-order chi connectivity index (χ0) is 13.4. The molecule has 0 saturated carbocycles. The molecule has 18 heavy (non-hydrogen) atoms. The third-order valence-corrected chi connectivity index (χ3v) is 2.18. The van der Waals surface area contributed by atoms with Gasteiger partial charge in [-0.1, -0.05) is 0 Å². The summed E-state index contributed by atoms with van der Waals surface area (Å²) in [6.45, 7) is 0. The minimum Gasteiger partial charge on any atom is -0.232 e. The van der Waals surface area contributed by atoms with Crippen LogP contribution in [0.1, 0.15) is 11.4 Å². The summed E-state index contributed by atoms with van der Waals surface area (Å²) in [5.74, 6) is 0. The van der Waals surface area contributed by atoms with Gasteiger partial charge in [0, 0.05) is 35.0 Å². The van der Waals surface area contributed by atoms with Gasteiger partial charge in [-0.15, -0.1) is 0 Å². The van der Waals surface area contributed by atoms with E-state index < -0.39 is 0 Å². The highest BCUT2D eigenvalue weighted by atomic mass is 127. The molecule has 0 bridgehead atoms. The first-order valence-corrected chi connectivity index (χ1v) is 5.88. The molecule has 0 radical (unpaired) electrons.